The van der Waals surface area contributed by atoms with Gasteiger partial charge in [0.15, 0.2) is 11.0 Å². The number of amides is 1. The van der Waals surface area contributed by atoms with Gasteiger partial charge >= 0.3 is 0 Å². The van der Waals surface area contributed by atoms with E-state index in [9.17, 15) is 4.79 Å². The summed E-state index contributed by atoms with van der Waals surface area (Å²) in [7, 11) is 0. The molecule has 0 unspecified atom stereocenters. The molecule has 0 aliphatic carbocycles. The number of thioether (sulfide) groups is 1. The molecule has 0 bridgehead atoms. The van der Waals surface area contributed by atoms with Crippen LogP contribution in [0.25, 0.3) is 5.69 Å². The minimum Gasteiger partial charge on any atom is -0.339 e. The molecule has 1 aromatic carbocycles. The molecule has 3 aromatic rings. The summed E-state index contributed by atoms with van der Waals surface area (Å²) in [6.45, 7) is 11.8. The predicted molar refractivity (Wildman–Crippen MR) is 119 cm³/mol. The number of aromatic amines is 1. The summed E-state index contributed by atoms with van der Waals surface area (Å²) in [6.07, 6.45) is 0. The van der Waals surface area contributed by atoms with Crippen molar-refractivity contribution < 1.29 is 4.79 Å². The van der Waals surface area contributed by atoms with E-state index in [1.807, 2.05) is 23.3 Å². The molecular formula is C21H28N8OS. The summed E-state index contributed by atoms with van der Waals surface area (Å²) in [6, 6.07) is 6.33. The van der Waals surface area contributed by atoms with Gasteiger partial charge in [-0.05, 0) is 44.9 Å². The predicted octanol–water partition coefficient (Wildman–Crippen LogP) is 2.06. The largest absolute Gasteiger partial charge is 0.339 e. The number of aryl methyl sites for hydroxylation is 4. The summed E-state index contributed by atoms with van der Waals surface area (Å²) in [5.41, 5.74) is 3.39. The second-order valence-corrected chi connectivity index (χ2v) is 8.88. The van der Waals surface area contributed by atoms with E-state index in [1.165, 1.54) is 17.3 Å². The Morgan fingerprint density at radius 2 is 1.87 bits per heavy atom. The molecule has 1 N–H and O–H groups in total. The van der Waals surface area contributed by atoms with Crippen LogP contribution in [0.2, 0.25) is 0 Å². The molecule has 4 rings (SSSR count). The second-order valence-electron chi connectivity index (χ2n) is 7.94. The van der Waals surface area contributed by atoms with Crippen molar-refractivity contribution in [3.8, 4) is 5.69 Å². The van der Waals surface area contributed by atoms with E-state index in [0.29, 0.717) is 25.4 Å². The van der Waals surface area contributed by atoms with Gasteiger partial charge in [0, 0.05) is 26.2 Å². The number of carbonyl (C=O) groups excluding carboxylic acids is 1. The van der Waals surface area contributed by atoms with Crippen LogP contribution in [0.3, 0.4) is 0 Å². The zero-order valence-electron chi connectivity index (χ0n) is 18.4. The highest BCUT2D eigenvalue weighted by Crippen LogP contribution is 2.25. The zero-order chi connectivity index (χ0) is 22.0. The average molecular weight is 441 g/mol. The van der Waals surface area contributed by atoms with E-state index in [2.05, 4.69) is 62.3 Å². The van der Waals surface area contributed by atoms with Crippen LogP contribution in [-0.2, 0) is 11.3 Å². The molecule has 1 aliphatic heterocycles. The fourth-order valence-corrected chi connectivity index (χ4v) is 4.60. The maximum Gasteiger partial charge on any atom is 0.233 e. The fraction of sp³-hybridized carbons (Fsp3) is 0.476. The standard InChI is InChI=1S/C21H28N8OS/c1-14-5-6-15(2)18(11-14)29-17(4)24-26-21(29)31-13-20(30)28-9-7-27(8-10-28)12-19-22-16(3)23-25-19/h5-6,11H,7-10,12-13H2,1-4H3,(H,22,23,25). The summed E-state index contributed by atoms with van der Waals surface area (Å²) < 4.78 is 2.04. The molecule has 0 spiro atoms. The van der Waals surface area contributed by atoms with Crippen molar-refractivity contribution in [3.05, 3.63) is 46.8 Å². The van der Waals surface area contributed by atoms with Crippen molar-refractivity contribution in [2.24, 2.45) is 0 Å². The Morgan fingerprint density at radius 3 is 2.58 bits per heavy atom. The first-order chi connectivity index (χ1) is 14.9. The molecule has 0 atom stereocenters. The monoisotopic (exact) mass is 440 g/mol. The first kappa shape index (κ1) is 21.5. The molecule has 1 saturated heterocycles. The van der Waals surface area contributed by atoms with E-state index in [-0.39, 0.29) is 5.91 Å². The van der Waals surface area contributed by atoms with Gasteiger partial charge in [-0.3, -0.25) is 19.4 Å². The van der Waals surface area contributed by atoms with Crippen molar-refractivity contribution in [3.63, 3.8) is 0 Å². The van der Waals surface area contributed by atoms with Crippen molar-refractivity contribution in [2.45, 2.75) is 39.4 Å². The maximum absolute atomic E-state index is 12.8. The van der Waals surface area contributed by atoms with Crippen LogP contribution in [-0.4, -0.2) is 77.6 Å². The van der Waals surface area contributed by atoms with E-state index in [0.717, 1.165) is 47.0 Å². The number of benzene rings is 1. The van der Waals surface area contributed by atoms with Gasteiger partial charge in [-0.15, -0.1) is 10.2 Å². The second kappa shape index (κ2) is 9.19. The van der Waals surface area contributed by atoms with Crippen molar-refractivity contribution >= 4 is 17.7 Å². The van der Waals surface area contributed by atoms with E-state index in [1.54, 1.807) is 0 Å². The highest BCUT2D eigenvalue weighted by molar-refractivity contribution is 7.99. The Kier molecular flexibility index (Phi) is 6.38. The van der Waals surface area contributed by atoms with Crippen LogP contribution in [0.5, 0.6) is 0 Å². The SMILES string of the molecule is Cc1ccc(C)c(-n2c(C)nnc2SCC(=O)N2CCN(Cc3n[nH]c(C)n3)CC2)c1. The number of rotatable bonds is 6. The smallest absolute Gasteiger partial charge is 0.233 e. The third-order valence-electron chi connectivity index (χ3n) is 5.46. The first-order valence-corrected chi connectivity index (χ1v) is 11.4. The summed E-state index contributed by atoms with van der Waals surface area (Å²) in [4.78, 5) is 21.4. The number of hydrogen-bond acceptors (Lipinski definition) is 7. The number of aromatic nitrogens is 6. The average Bonchev–Trinajstić information content (AvgIpc) is 3.33. The van der Waals surface area contributed by atoms with Crippen LogP contribution in [0, 0.1) is 27.7 Å². The lowest BCUT2D eigenvalue weighted by atomic mass is 10.1. The van der Waals surface area contributed by atoms with Crippen LogP contribution < -0.4 is 0 Å². The van der Waals surface area contributed by atoms with Crippen molar-refractivity contribution in [2.75, 3.05) is 31.9 Å². The molecule has 0 radical (unpaired) electrons. The Morgan fingerprint density at radius 1 is 1.10 bits per heavy atom. The maximum atomic E-state index is 12.8. The van der Waals surface area contributed by atoms with Crippen LogP contribution in [0.4, 0.5) is 0 Å². The topological polar surface area (TPSA) is 95.8 Å². The van der Waals surface area contributed by atoms with Crippen LogP contribution in [0.1, 0.15) is 28.6 Å². The van der Waals surface area contributed by atoms with Gasteiger partial charge < -0.3 is 4.90 Å². The Hall–Kier alpha value is -2.72. The highest BCUT2D eigenvalue weighted by Gasteiger charge is 2.23. The van der Waals surface area contributed by atoms with Crippen molar-refractivity contribution in [1.29, 1.82) is 0 Å². The lowest BCUT2D eigenvalue weighted by Gasteiger charge is -2.34. The highest BCUT2D eigenvalue weighted by atomic mass is 32.2. The zero-order valence-corrected chi connectivity index (χ0v) is 19.2. The molecule has 3 heterocycles. The first-order valence-electron chi connectivity index (χ1n) is 10.4. The van der Waals surface area contributed by atoms with E-state index < -0.39 is 0 Å². The molecule has 9 nitrogen and oxygen atoms in total. The number of piperazine rings is 1. The normalized spacial score (nSPS) is 14.9. The Balaban J connectivity index is 1.34. The third kappa shape index (κ3) is 4.96. The summed E-state index contributed by atoms with van der Waals surface area (Å²) in [5.74, 6) is 2.92. The number of carbonyl (C=O) groups is 1. The van der Waals surface area contributed by atoms with Crippen LogP contribution >= 0.6 is 11.8 Å². The summed E-state index contributed by atoms with van der Waals surface area (Å²) >= 11 is 1.45. The van der Waals surface area contributed by atoms with Gasteiger partial charge in [0.05, 0.1) is 18.0 Å². The number of nitrogens with zero attached hydrogens (tertiary/aromatic N) is 7. The van der Waals surface area contributed by atoms with Gasteiger partial charge in [0.2, 0.25) is 5.91 Å². The Bertz CT molecular complexity index is 1070. The number of H-pyrrole nitrogens is 1. The van der Waals surface area contributed by atoms with Gasteiger partial charge in [-0.25, -0.2) is 4.98 Å². The molecule has 1 amide bonds. The fourth-order valence-electron chi connectivity index (χ4n) is 3.71. The molecule has 1 fully saturated rings. The van der Waals surface area contributed by atoms with E-state index in [4.69, 9.17) is 0 Å². The van der Waals surface area contributed by atoms with Crippen molar-refractivity contribution in [1.82, 2.24) is 39.7 Å². The molecule has 0 saturated carbocycles. The lowest BCUT2D eigenvalue weighted by molar-refractivity contribution is -0.130. The molecule has 1 aliphatic rings. The lowest BCUT2D eigenvalue weighted by Crippen LogP contribution is -2.48. The third-order valence-corrected chi connectivity index (χ3v) is 6.37. The van der Waals surface area contributed by atoms with Gasteiger partial charge in [-0.2, -0.15) is 5.10 Å². The minimum absolute atomic E-state index is 0.131. The van der Waals surface area contributed by atoms with Gasteiger partial charge in [0.1, 0.15) is 11.6 Å². The molecular weight excluding hydrogens is 412 g/mol. The summed E-state index contributed by atoms with van der Waals surface area (Å²) in [5, 5.41) is 16.4. The molecule has 2 aromatic heterocycles. The Labute approximate surface area is 186 Å². The van der Waals surface area contributed by atoms with Gasteiger partial charge in [-0.1, -0.05) is 23.9 Å². The molecule has 31 heavy (non-hydrogen) atoms. The molecule has 10 heteroatoms. The molecule has 164 valence electrons. The van der Waals surface area contributed by atoms with Crippen LogP contribution in [0.15, 0.2) is 23.4 Å². The minimum atomic E-state index is 0.131. The number of hydrogen-bond donors (Lipinski definition) is 1. The van der Waals surface area contributed by atoms with Gasteiger partial charge in [0.25, 0.3) is 0 Å². The quantitative estimate of drug-likeness (QED) is 0.586. The number of nitrogens with one attached hydrogen (secondary N) is 1. The van der Waals surface area contributed by atoms with E-state index >= 15 is 0 Å².